The normalized spacial score (nSPS) is 12.8. The minimum Gasteiger partial charge on any atom is -0.381 e. The first-order valence-corrected chi connectivity index (χ1v) is 7.05. The molecule has 5 heteroatoms. The molecule has 0 saturated heterocycles. The second kappa shape index (κ2) is 4.76. The molecule has 2 heterocycles. The molecule has 0 aliphatic heterocycles. The molecule has 0 radical (unpaired) electrons. The summed E-state index contributed by atoms with van der Waals surface area (Å²) in [4.78, 5) is 8.54. The molecule has 0 fully saturated rings. The second-order valence-electron chi connectivity index (χ2n) is 3.83. The number of halogens is 1. The third-order valence-corrected chi connectivity index (χ3v) is 4.31. The van der Waals surface area contributed by atoms with Gasteiger partial charge in [-0.05, 0) is 33.6 Å². The van der Waals surface area contributed by atoms with Crippen LogP contribution in [-0.2, 0) is 0 Å². The van der Waals surface area contributed by atoms with Gasteiger partial charge in [-0.2, -0.15) is 0 Å². The van der Waals surface area contributed by atoms with Crippen LogP contribution in [0.3, 0.4) is 0 Å². The average molecular weight is 321 g/mol. The minimum absolute atomic E-state index is 0.679. The van der Waals surface area contributed by atoms with Crippen molar-refractivity contribution in [2.24, 2.45) is 0 Å². The lowest BCUT2D eigenvalue weighted by molar-refractivity contribution is 0.221. The summed E-state index contributed by atoms with van der Waals surface area (Å²) in [5.74, 6) is 0. The van der Waals surface area contributed by atoms with Gasteiger partial charge in [0.05, 0.1) is 5.52 Å². The molecular formula is C13H9BrN2OS. The smallest absolute Gasteiger partial charge is 0.131 e. The fourth-order valence-electron chi connectivity index (χ4n) is 1.88. The van der Waals surface area contributed by atoms with Crippen LogP contribution in [0.25, 0.3) is 10.9 Å². The molecule has 3 nitrogen and oxygen atoms in total. The van der Waals surface area contributed by atoms with Crippen LogP contribution < -0.4 is 0 Å². The van der Waals surface area contributed by atoms with Gasteiger partial charge in [-0.25, -0.2) is 4.98 Å². The Hall–Kier alpha value is -1.30. The van der Waals surface area contributed by atoms with Crippen molar-refractivity contribution < 1.29 is 5.11 Å². The van der Waals surface area contributed by atoms with E-state index in [2.05, 4.69) is 25.9 Å². The van der Waals surface area contributed by atoms with Crippen molar-refractivity contribution in [2.45, 2.75) is 6.10 Å². The Morgan fingerprint density at radius 3 is 2.83 bits per heavy atom. The molecule has 0 aliphatic rings. The Morgan fingerprint density at radius 2 is 2.06 bits per heavy atom. The molecule has 1 aromatic carbocycles. The molecule has 1 unspecified atom stereocenters. The number of nitrogens with zero attached hydrogens (tertiary/aromatic N) is 2. The maximum atomic E-state index is 10.4. The van der Waals surface area contributed by atoms with Crippen LogP contribution in [-0.4, -0.2) is 15.1 Å². The predicted octanol–water partition coefficient (Wildman–Crippen LogP) is 3.54. The predicted molar refractivity (Wildman–Crippen MR) is 75.6 cm³/mol. The topological polar surface area (TPSA) is 46.0 Å². The van der Waals surface area contributed by atoms with Gasteiger partial charge in [0.2, 0.25) is 0 Å². The van der Waals surface area contributed by atoms with Gasteiger partial charge in [0, 0.05) is 17.0 Å². The molecular weight excluding hydrogens is 312 g/mol. The summed E-state index contributed by atoms with van der Waals surface area (Å²) < 4.78 is 0.750. The van der Waals surface area contributed by atoms with E-state index < -0.39 is 6.10 Å². The number of benzene rings is 1. The van der Waals surface area contributed by atoms with Crippen LogP contribution in [0.15, 0.2) is 46.5 Å². The number of hydrogen-bond acceptors (Lipinski definition) is 4. The van der Waals surface area contributed by atoms with Gasteiger partial charge in [0.1, 0.15) is 15.7 Å². The first kappa shape index (κ1) is 11.8. The Balaban J connectivity index is 2.14. The average Bonchev–Trinajstić information content (AvgIpc) is 2.84. The molecule has 0 aliphatic carbocycles. The fraction of sp³-hybridized carbons (Fsp3) is 0.0769. The van der Waals surface area contributed by atoms with Gasteiger partial charge in [-0.1, -0.05) is 18.2 Å². The molecule has 1 N–H and O–H groups in total. The number of aliphatic hydroxyl groups is 1. The van der Waals surface area contributed by atoms with Gasteiger partial charge in [0.25, 0.3) is 0 Å². The highest BCUT2D eigenvalue weighted by Crippen LogP contribution is 2.30. The third-order valence-electron chi connectivity index (χ3n) is 2.71. The molecule has 18 heavy (non-hydrogen) atoms. The highest BCUT2D eigenvalue weighted by Gasteiger charge is 2.16. The molecule has 2 aromatic heterocycles. The number of hydrogen-bond donors (Lipinski definition) is 1. The Morgan fingerprint density at radius 1 is 1.22 bits per heavy atom. The number of fused-ring (bicyclic) bond motifs is 1. The van der Waals surface area contributed by atoms with Gasteiger partial charge >= 0.3 is 0 Å². The van der Waals surface area contributed by atoms with E-state index in [1.54, 1.807) is 6.20 Å². The summed E-state index contributed by atoms with van der Waals surface area (Å²) in [5, 5.41) is 13.9. The molecule has 0 amide bonds. The van der Waals surface area contributed by atoms with E-state index in [0.29, 0.717) is 5.01 Å². The zero-order chi connectivity index (χ0) is 12.5. The Labute approximate surface area is 116 Å². The Bertz CT molecular complexity index is 693. The molecule has 3 rings (SSSR count). The maximum absolute atomic E-state index is 10.4. The second-order valence-corrected chi connectivity index (χ2v) is 5.53. The highest BCUT2D eigenvalue weighted by molar-refractivity contribution is 9.10. The first-order valence-electron chi connectivity index (χ1n) is 5.38. The minimum atomic E-state index is -0.714. The number of pyridine rings is 1. The van der Waals surface area contributed by atoms with Crippen LogP contribution in [0.4, 0.5) is 0 Å². The molecule has 3 aromatic rings. The van der Waals surface area contributed by atoms with Crippen LogP contribution in [0, 0.1) is 0 Å². The number of aromatic nitrogens is 2. The summed E-state index contributed by atoms with van der Waals surface area (Å²) in [5.41, 5.74) is 1.71. The van der Waals surface area contributed by atoms with Gasteiger partial charge in [-0.3, -0.25) is 4.98 Å². The summed E-state index contributed by atoms with van der Waals surface area (Å²) in [6.45, 7) is 0. The largest absolute Gasteiger partial charge is 0.381 e. The monoisotopic (exact) mass is 320 g/mol. The lowest BCUT2D eigenvalue weighted by atomic mass is 10.0. The summed E-state index contributed by atoms with van der Waals surface area (Å²) in [6.07, 6.45) is 0.998. The van der Waals surface area contributed by atoms with Crippen LogP contribution in [0.1, 0.15) is 16.7 Å². The van der Waals surface area contributed by atoms with Crippen LogP contribution in [0.5, 0.6) is 0 Å². The number of aliphatic hydroxyl groups excluding tert-OH is 1. The molecule has 0 spiro atoms. The highest BCUT2D eigenvalue weighted by atomic mass is 79.9. The van der Waals surface area contributed by atoms with Crippen molar-refractivity contribution in [2.75, 3.05) is 0 Å². The molecule has 0 saturated carbocycles. The first-order chi connectivity index (χ1) is 8.75. The van der Waals surface area contributed by atoms with Gasteiger partial charge in [0.15, 0.2) is 0 Å². The van der Waals surface area contributed by atoms with Crippen molar-refractivity contribution in [1.82, 2.24) is 9.97 Å². The van der Waals surface area contributed by atoms with E-state index in [4.69, 9.17) is 0 Å². The van der Waals surface area contributed by atoms with Crippen molar-refractivity contribution in [3.63, 3.8) is 0 Å². The standard InChI is InChI=1S/C13H9BrN2OS/c14-11-7-18-13(16-11)12(17)9-5-6-15-10-4-2-1-3-8(9)10/h1-7,12,17H. The quantitative estimate of drug-likeness (QED) is 0.785. The molecule has 90 valence electrons. The van der Waals surface area contributed by atoms with E-state index >= 15 is 0 Å². The summed E-state index contributed by atoms with van der Waals surface area (Å²) in [6, 6.07) is 9.61. The fourth-order valence-corrected chi connectivity index (χ4v) is 3.15. The van der Waals surface area contributed by atoms with Gasteiger partial charge in [-0.15, -0.1) is 11.3 Å². The van der Waals surface area contributed by atoms with E-state index in [1.165, 1.54) is 11.3 Å². The van der Waals surface area contributed by atoms with Crippen LogP contribution in [0.2, 0.25) is 0 Å². The number of rotatable bonds is 2. The van der Waals surface area contributed by atoms with Crippen molar-refractivity contribution in [1.29, 1.82) is 0 Å². The lowest BCUT2D eigenvalue weighted by Crippen LogP contribution is -2.00. The van der Waals surface area contributed by atoms with Crippen molar-refractivity contribution in [3.05, 3.63) is 57.1 Å². The van der Waals surface area contributed by atoms with Gasteiger partial charge < -0.3 is 5.11 Å². The molecule has 1 atom stereocenters. The molecule has 0 bridgehead atoms. The van der Waals surface area contributed by atoms with E-state index in [0.717, 1.165) is 21.1 Å². The zero-order valence-corrected chi connectivity index (χ0v) is 11.6. The summed E-state index contributed by atoms with van der Waals surface area (Å²) >= 11 is 4.73. The van der Waals surface area contributed by atoms with Crippen molar-refractivity contribution in [3.8, 4) is 0 Å². The Kier molecular flexibility index (Phi) is 3.11. The number of thiazole rings is 1. The van der Waals surface area contributed by atoms with E-state index in [9.17, 15) is 5.11 Å². The van der Waals surface area contributed by atoms with E-state index in [-0.39, 0.29) is 0 Å². The zero-order valence-electron chi connectivity index (χ0n) is 9.25. The lowest BCUT2D eigenvalue weighted by Gasteiger charge is -2.10. The summed E-state index contributed by atoms with van der Waals surface area (Å²) in [7, 11) is 0. The SMILES string of the molecule is OC(c1nc(Br)cs1)c1ccnc2ccccc12. The maximum Gasteiger partial charge on any atom is 0.131 e. The van der Waals surface area contributed by atoms with Crippen LogP contribution >= 0.6 is 27.3 Å². The number of para-hydroxylation sites is 1. The van der Waals surface area contributed by atoms with Crippen molar-refractivity contribution >= 4 is 38.2 Å². The third kappa shape index (κ3) is 2.05. The van der Waals surface area contributed by atoms with E-state index in [1.807, 2.05) is 35.7 Å².